The molecule has 0 bridgehead atoms. The van der Waals surface area contributed by atoms with Gasteiger partial charge in [-0.2, -0.15) is 17.7 Å². The van der Waals surface area contributed by atoms with Gasteiger partial charge in [0.25, 0.3) is 0 Å². The fraction of sp³-hybridized carbons (Fsp3) is 0.500. The topological polar surface area (TPSA) is 29.9 Å². The number of hydrogen-bond donors (Lipinski definition) is 2. The van der Waals surface area contributed by atoms with Crippen molar-refractivity contribution in [2.24, 2.45) is 0 Å². The zero-order valence-electron chi connectivity index (χ0n) is 11.4. The second kappa shape index (κ2) is 8.16. The molecular weight excluding hydrogens is 242 g/mol. The van der Waals surface area contributed by atoms with Gasteiger partial charge in [0.05, 0.1) is 11.7 Å². The number of nitrogens with zero attached hydrogens (tertiary/aromatic N) is 2. The monoisotopic (exact) mass is 265 g/mol. The zero-order chi connectivity index (χ0) is 13.4. The molecule has 18 heavy (non-hydrogen) atoms. The largest absolute Gasteiger partial charge is 0.305 e. The maximum atomic E-state index is 4.36. The molecule has 1 N–H and O–H groups in total. The quantitative estimate of drug-likeness (QED) is 0.636. The fourth-order valence-electron chi connectivity index (χ4n) is 2.09. The number of thiol groups is 1. The average molecular weight is 265 g/mol. The summed E-state index contributed by atoms with van der Waals surface area (Å²) < 4.78 is 2.11. The Balaban J connectivity index is 0.000000771. The highest BCUT2D eigenvalue weighted by Gasteiger charge is 2.19. The van der Waals surface area contributed by atoms with Crippen molar-refractivity contribution in [1.82, 2.24) is 15.1 Å². The summed E-state index contributed by atoms with van der Waals surface area (Å²) in [6, 6.07) is 2.41. The molecule has 0 spiro atoms. The van der Waals surface area contributed by atoms with E-state index in [1.54, 1.807) is 6.26 Å². The van der Waals surface area contributed by atoms with Crippen molar-refractivity contribution in [3.8, 4) is 0 Å². The molecule has 0 saturated heterocycles. The minimum atomic E-state index is 0.307. The third-order valence-electron chi connectivity index (χ3n) is 2.95. The second-order valence-electron chi connectivity index (χ2n) is 4.16. The van der Waals surface area contributed by atoms with E-state index in [1.165, 1.54) is 11.3 Å². The maximum absolute atomic E-state index is 4.36. The number of allylic oxidation sites excluding steroid dienone is 3. The van der Waals surface area contributed by atoms with Gasteiger partial charge in [-0.05, 0) is 39.1 Å². The molecule has 3 nitrogen and oxygen atoms in total. The van der Waals surface area contributed by atoms with E-state index < -0.39 is 0 Å². The molecule has 2 heterocycles. The van der Waals surface area contributed by atoms with Gasteiger partial charge in [0.2, 0.25) is 0 Å². The summed E-state index contributed by atoms with van der Waals surface area (Å²) in [6.45, 7) is 6.27. The van der Waals surface area contributed by atoms with Crippen LogP contribution in [0, 0.1) is 0 Å². The summed E-state index contributed by atoms with van der Waals surface area (Å²) >= 11 is 3.53. The molecule has 1 aromatic heterocycles. The average Bonchev–Trinajstić information content (AvgIpc) is 2.78. The van der Waals surface area contributed by atoms with Crippen molar-refractivity contribution in [3.63, 3.8) is 0 Å². The molecule has 2 rings (SSSR count). The summed E-state index contributed by atoms with van der Waals surface area (Å²) in [7, 11) is 0. The lowest BCUT2D eigenvalue weighted by Gasteiger charge is -2.17. The lowest BCUT2D eigenvalue weighted by Crippen LogP contribution is -2.22. The van der Waals surface area contributed by atoms with Gasteiger partial charge in [0.1, 0.15) is 0 Å². The Kier molecular flexibility index (Phi) is 6.83. The summed E-state index contributed by atoms with van der Waals surface area (Å²) in [5.41, 5.74) is 2.61. The van der Waals surface area contributed by atoms with Crippen LogP contribution in [0.1, 0.15) is 32.0 Å². The number of nitrogens with one attached hydrogen (secondary N) is 1. The smallest absolute Gasteiger partial charge is 0.0708 e. The van der Waals surface area contributed by atoms with Crippen LogP contribution in [0.15, 0.2) is 36.1 Å². The molecular formula is C14H23N3S. The molecule has 100 valence electrons. The van der Waals surface area contributed by atoms with Crippen molar-refractivity contribution >= 4 is 12.6 Å². The lowest BCUT2D eigenvalue weighted by atomic mass is 10.1. The summed E-state index contributed by atoms with van der Waals surface area (Å²) in [5, 5.41) is 7.93. The third kappa shape index (κ3) is 3.75. The molecule has 0 aromatic carbocycles. The molecule has 0 fully saturated rings. The molecule has 4 heteroatoms. The molecule has 1 aliphatic rings. The predicted octanol–water partition coefficient (Wildman–Crippen LogP) is 2.99. The highest BCUT2D eigenvalue weighted by Crippen LogP contribution is 2.23. The first-order valence-corrected chi connectivity index (χ1v) is 7.21. The molecule has 1 aliphatic heterocycles. The molecule has 0 radical (unpaired) electrons. The normalized spacial score (nSPS) is 20.0. The minimum absolute atomic E-state index is 0.307. The number of hydrogen-bond acceptors (Lipinski definition) is 3. The minimum Gasteiger partial charge on any atom is -0.305 e. The van der Waals surface area contributed by atoms with Crippen molar-refractivity contribution in [2.75, 3.05) is 12.8 Å². The second-order valence-corrected chi connectivity index (χ2v) is 4.16. The Morgan fingerprint density at radius 3 is 3.06 bits per heavy atom. The standard InChI is InChI=1S/C13H19N3.CH4S/c1-3-4-6-11(2)13-12-7-9-15-16(12)10-5-8-14-13;1-2/h3-4,6-7,9,13-14H,5,8,10H2,1-2H3;2H,1H3/b4-3-,11-6+;. The Morgan fingerprint density at radius 2 is 2.33 bits per heavy atom. The van der Waals surface area contributed by atoms with E-state index in [0.717, 1.165) is 19.5 Å². The number of aryl methyl sites for hydroxylation is 1. The Bertz CT molecular complexity index is 407. The van der Waals surface area contributed by atoms with Crippen LogP contribution in [0.5, 0.6) is 0 Å². The van der Waals surface area contributed by atoms with Crippen molar-refractivity contribution < 1.29 is 0 Å². The summed E-state index contributed by atoms with van der Waals surface area (Å²) in [5.74, 6) is 0. The van der Waals surface area contributed by atoms with Crippen LogP contribution in [-0.2, 0) is 6.54 Å². The van der Waals surface area contributed by atoms with Crippen LogP contribution in [0.4, 0.5) is 0 Å². The SMILES string of the molecule is C/C=C\C=C(/C)C1NCCCn2nccc21.CS. The molecule has 0 aliphatic carbocycles. The van der Waals surface area contributed by atoms with Gasteiger partial charge >= 0.3 is 0 Å². The molecule has 1 aromatic rings. The van der Waals surface area contributed by atoms with Crippen LogP contribution < -0.4 is 5.32 Å². The van der Waals surface area contributed by atoms with Gasteiger partial charge < -0.3 is 5.32 Å². The van der Waals surface area contributed by atoms with E-state index in [9.17, 15) is 0 Å². The van der Waals surface area contributed by atoms with E-state index in [-0.39, 0.29) is 0 Å². The van der Waals surface area contributed by atoms with E-state index in [1.807, 2.05) is 13.1 Å². The first-order chi connectivity index (χ1) is 8.83. The van der Waals surface area contributed by atoms with Gasteiger partial charge in [-0.3, -0.25) is 4.68 Å². The summed E-state index contributed by atoms with van der Waals surface area (Å²) in [4.78, 5) is 0. The van der Waals surface area contributed by atoms with Crippen molar-refractivity contribution in [2.45, 2.75) is 32.9 Å². The lowest BCUT2D eigenvalue weighted by molar-refractivity contribution is 0.587. The number of aromatic nitrogens is 2. The first kappa shape index (κ1) is 15.1. The van der Waals surface area contributed by atoms with Gasteiger partial charge in [-0.1, -0.05) is 23.8 Å². The third-order valence-corrected chi connectivity index (χ3v) is 2.95. The van der Waals surface area contributed by atoms with Crippen LogP contribution in [0.2, 0.25) is 0 Å². The molecule has 0 amide bonds. The number of rotatable bonds is 2. The zero-order valence-corrected chi connectivity index (χ0v) is 12.3. The Labute approximate surface area is 115 Å². The van der Waals surface area contributed by atoms with Crippen LogP contribution in [0.3, 0.4) is 0 Å². The fourth-order valence-corrected chi connectivity index (χ4v) is 2.09. The van der Waals surface area contributed by atoms with Gasteiger partial charge in [0.15, 0.2) is 0 Å². The first-order valence-electron chi connectivity index (χ1n) is 6.32. The Morgan fingerprint density at radius 1 is 1.56 bits per heavy atom. The van der Waals surface area contributed by atoms with Gasteiger partial charge in [-0.15, -0.1) is 0 Å². The Hall–Kier alpha value is -1.000. The van der Waals surface area contributed by atoms with Crippen LogP contribution in [-0.4, -0.2) is 22.6 Å². The van der Waals surface area contributed by atoms with Crippen molar-refractivity contribution in [1.29, 1.82) is 0 Å². The van der Waals surface area contributed by atoms with E-state index in [4.69, 9.17) is 0 Å². The number of fused-ring (bicyclic) bond motifs is 1. The van der Waals surface area contributed by atoms with Crippen LogP contribution >= 0.6 is 12.6 Å². The highest BCUT2D eigenvalue weighted by atomic mass is 32.1. The molecule has 0 saturated carbocycles. The van der Waals surface area contributed by atoms with Gasteiger partial charge in [-0.25, -0.2) is 0 Å². The van der Waals surface area contributed by atoms with E-state index in [0.29, 0.717) is 6.04 Å². The predicted molar refractivity (Wildman–Crippen MR) is 81.1 cm³/mol. The summed E-state index contributed by atoms with van der Waals surface area (Å²) in [6.07, 6.45) is 11.0. The maximum Gasteiger partial charge on any atom is 0.0708 e. The van der Waals surface area contributed by atoms with Crippen molar-refractivity contribution in [3.05, 3.63) is 41.8 Å². The highest BCUT2D eigenvalue weighted by molar-refractivity contribution is 7.79. The van der Waals surface area contributed by atoms with Gasteiger partial charge in [0, 0.05) is 12.7 Å². The van der Waals surface area contributed by atoms with E-state index >= 15 is 0 Å². The van der Waals surface area contributed by atoms with Crippen LogP contribution in [0.25, 0.3) is 0 Å². The molecule has 1 unspecified atom stereocenters. The molecule has 1 atom stereocenters. The van der Waals surface area contributed by atoms with E-state index in [2.05, 4.69) is 58.9 Å².